The van der Waals surface area contributed by atoms with Crippen molar-refractivity contribution in [3.63, 3.8) is 0 Å². The molecule has 1 N–H and O–H groups in total. The zero-order chi connectivity index (χ0) is 24.5. The fourth-order valence-corrected chi connectivity index (χ4v) is 4.93. The maximum Gasteiger partial charge on any atom is 0.123 e. The Balaban J connectivity index is 1.79. The van der Waals surface area contributed by atoms with Crippen LogP contribution in [0.4, 0.5) is 4.39 Å². The highest BCUT2D eigenvalue weighted by atomic mass is 19.1. The van der Waals surface area contributed by atoms with Gasteiger partial charge < -0.3 is 10.2 Å². The molecule has 2 aliphatic rings. The molecule has 1 saturated carbocycles. The van der Waals surface area contributed by atoms with E-state index in [1.165, 1.54) is 32.1 Å². The van der Waals surface area contributed by atoms with Gasteiger partial charge in [-0.25, -0.2) is 9.38 Å². The third kappa shape index (κ3) is 6.82. The van der Waals surface area contributed by atoms with Gasteiger partial charge >= 0.3 is 0 Å². The summed E-state index contributed by atoms with van der Waals surface area (Å²) < 4.78 is 14.3. The summed E-state index contributed by atoms with van der Waals surface area (Å²) in [4.78, 5) is 6.94. The fraction of sp³-hybridized carbons (Fsp3) is 0.433. The number of hydrogen-bond donors (Lipinski definition) is 1. The number of benzene rings is 1. The van der Waals surface area contributed by atoms with Crippen LogP contribution in [0.1, 0.15) is 82.9 Å². The van der Waals surface area contributed by atoms with E-state index in [1.807, 2.05) is 25.3 Å². The van der Waals surface area contributed by atoms with E-state index in [0.29, 0.717) is 11.9 Å². The van der Waals surface area contributed by atoms with E-state index in [2.05, 4.69) is 55.4 Å². The Bertz CT molecular complexity index is 992. The largest absolute Gasteiger partial charge is 0.368 e. The van der Waals surface area contributed by atoms with Gasteiger partial charge in [-0.15, -0.1) is 0 Å². The average Bonchev–Trinajstić information content (AvgIpc) is 2.81. The molecule has 1 atom stereocenters. The molecule has 1 aliphatic heterocycles. The Kier molecular flexibility index (Phi) is 9.50. The lowest BCUT2D eigenvalue weighted by atomic mass is 9.95. The molecule has 1 aromatic carbocycles. The van der Waals surface area contributed by atoms with Crippen molar-refractivity contribution in [2.24, 2.45) is 4.99 Å². The highest BCUT2D eigenvalue weighted by Gasteiger charge is 2.22. The second-order valence-corrected chi connectivity index (χ2v) is 9.30. The van der Waals surface area contributed by atoms with E-state index in [9.17, 15) is 4.39 Å². The van der Waals surface area contributed by atoms with Crippen LogP contribution in [0, 0.1) is 5.82 Å². The number of aliphatic imine (C=N–C) groups is 1. The Morgan fingerprint density at radius 1 is 1.24 bits per heavy atom. The van der Waals surface area contributed by atoms with Gasteiger partial charge in [0.2, 0.25) is 0 Å². The van der Waals surface area contributed by atoms with Crippen LogP contribution in [-0.4, -0.2) is 16.7 Å². The molecule has 34 heavy (non-hydrogen) atoms. The van der Waals surface area contributed by atoms with E-state index < -0.39 is 0 Å². The van der Waals surface area contributed by atoms with E-state index in [4.69, 9.17) is 4.99 Å². The maximum absolute atomic E-state index is 14.3. The van der Waals surface area contributed by atoms with Crippen molar-refractivity contribution in [3.8, 4) is 0 Å². The molecule has 182 valence electrons. The number of halogens is 1. The monoisotopic (exact) mass is 461 g/mol. The Hall–Kier alpha value is -2.88. The van der Waals surface area contributed by atoms with Crippen molar-refractivity contribution in [2.75, 3.05) is 0 Å². The van der Waals surface area contributed by atoms with Crippen molar-refractivity contribution in [2.45, 2.75) is 84.2 Å². The van der Waals surface area contributed by atoms with E-state index in [-0.39, 0.29) is 11.9 Å². The molecule has 3 rings (SSSR count). The van der Waals surface area contributed by atoms with Crippen molar-refractivity contribution in [1.82, 2.24) is 10.2 Å². The number of allylic oxidation sites excluding steroid dienone is 5. The number of rotatable bonds is 10. The zero-order valence-corrected chi connectivity index (χ0v) is 21.1. The van der Waals surface area contributed by atoms with Crippen LogP contribution in [0.2, 0.25) is 0 Å². The average molecular weight is 462 g/mol. The third-order valence-electron chi connectivity index (χ3n) is 6.55. The standard InChI is InChI=1S/C30H40FN3/c1-6-12-24-19-26(21-27(31)20-24)30(8-3)34-17-16-25(18-22(34)4)29(13-7-2)33-23(5)32-28-14-10-9-11-15-28/h7,13,16-21,28,30,32H,4-6,8-12,14-15H2,1-3H3/b13-7-,33-29+. The first-order valence-corrected chi connectivity index (χ1v) is 12.8. The molecule has 1 aliphatic carbocycles. The summed E-state index contributed by atoms with van der Waals surface area (Å²) in [7, 11) is 0. The summed E-state index contributed by atoms with van der Waals surface area (Å²) in [5.41, 5.74) is 4.75. The van der Waals surface area contributed by atoms with Crippen molar-refractivity contribution in [3.05, 3.63) is 95.9 Å². The van der Waals surface area contributed by atoms with Crippen LogP contribution < -0.4 is 5.32 Å². The highest BCUT2D eigenvalue weighted by Crippen LogP contribution is 2.32. The van der Waals surface area contributed by atoms with E-state index >= 15 is 0 Å². The minimum atomic E-state index is -0.172. The highest BCUT2D eigenvalue weighted by molar-refractivity contribution is 6.11. The molecular formula is C30H40FN3. The van der Waals surface area contributed by atoms with Crippen LogP contribution in [0.5, 0.6) is 0 Å². The first kappa shape index (κ1) is 25.7. The molecule has 4 heteroatoms. The Labute approximate surface area is 205 Å². The maximum atomic E-state index is 14.3. The first-order chi connectivity index (χ1) is 16.4. The molecule has 0 radical (unpaired) electrons. The van der Waals surface area contributed by atoms with Gasteiger partial charge in [0.05, 0.1) is 11.8 Å². The summed E-state index contributed by atoms with van der Waals surface area (Å²) in [6.45, 7) is 14.7. The SMILES string of the molecule is C=C(/N=C(\C=C/C)C1=CC(=C)N(C(CC)c2cc(F)cc(CCC)c2)C=C1)NC1CCCCC1. The van der Waals surface area contributed by atoms with Crippen LogP contribution >= 0.6 is 0 Å². The summed E-state index contributed by atoms with van der Waals surface area (Å²) in [6.07, 6.45) is 19.1. The minimum Gasteiger partial charge on any atom is -0.368 e. The Morgan fingerprint density at radius 3 is 2.65 bits per heavy atom. The molecule has 1 aromatic rings. The van der Waals surface area contributed by atoms with Gasteiger partial charge in [0.1, 0.15) is 11.6 Å². The van der Waals surface area contributed by atoms with Crippen molar-refractivity contribution < 1.29 is 4.39 Å². The second-order valence-electron chi connectivity index (χ2n) is 9.30. The molecule has 1 fully saturated rings. The lowest BCUT2D eigenvalue weighted by Crippen LogP contribution is -2.30. The van der Waals surface area contributed by atoms with Gasteiger partial charge in [-0.2, -0.15) is 0 Å². The normalized spacial score (nSPS) is 18.4. The van der Waals surface area contributed by atoms with Gasteiger partial charge in [0.25, 0.3) is 0 Å². The van der Waals surface area contributed by atoms with Gasteiger partial charge in [0, 0.05) is 23.5 Å². The molecule has 3 nitrogen and oxygen atoms in total. The summed E-state index contributed by atoms with van der Waals surface area (Å²) in [5, 5.41) is 3.50. The molecule has 0 amide bonds. The molecule has 1 heterocycles. The summed E-state index contributed by atoms with van der Waals surface area (Å²) in [5.74, 6) is 0.533. The molecule has 0 spiro atoms. The molecular weight excluding hydrogens is 421 g/mol. The van der Waals surface area contributed by atoms with Crippen LogP contribution in [0.15, 0.2) is 83.9 Å². The first-order valence-electron chi connectivity index (χ1n) is 12.8. The van der Waals surface area contributed by atoms with E-state index in [1.54, 1.807) is 12.1 Å². The lowest BCUT2D eigenvalue weighted by Gasteiger charge is -2.33. The molecule has 1 unspecified atom stereocenters. The molecule has 0 bridgehead atoms. The van der Waals surface area contributed by atoms with Crippen LogP contribution in [0.25, 0.3) is 0 Å². The number of nitrogens with zero attached hydrogens (tertiary/aromatic N) is 2. The second kappa shape index (κ2) is 12.5. The predicted octanol–water partition coefficient (Wildman–Crippen LogP) is 7.91. The van der Waals surface area contributed by atoms with Crippen LogP contribution in [0.3, 0.4) is 0 Å². The summed E-state index contributed by atoms with van der Waals surface area (Å²) >= 11 is 0. The summed E-state index contributed by atoms with van der Waals surface area (Å²) in [6, 6.07) is 5.92. The van der Waals surface area contributed by atoms with Crippen molar-refractivity contribution >= 4 is 5.71 Å². The lowest BCUT2D eigenvalue weighted by molar-refractivity contribution is 0.343. The number of aryl methyl sites for hydroxylation is 1. The van der Waals surface area contributed by atoms with Gasteiger partial charge in [-0.1, -0.05) is 64.8 Å². The minimum absolute atomic E-state index is 0.0258. The van der Waals surface area contributed by atoms with Crippen molar-refractivity contribution in [1.29, 1.82) is 0 Å². The third-order valence-corrected chi connectivity index (χ3v) is 6.55. The van der Waals surface area contributed by atoms with Gasteiger partial charge in [0.15, 0.2) is 0 Å². The quantitative estimate of drug-likeness (QED) is 0.359. The topological polar surface area (TPSA) is 27.6 Å². The number of hydrogen-bond acceptors (Lipinski definition) is 3. The fourth-order valence-electron chi connectivity index (χ4n) is 4.93. The van der Waals surface area contributed by atoms with Gasteiger partial charge in [-0.3, -0.25) is 0 Å². The van der Waals surface area contributed by atoms with Crippen LogP contribution in [-0.2, 0) is 6.42 Å². The predicted molar refractivity (Wildman–Crippen MR) is 143 cm³/mol. The Morgan fingerprint density at radius 2 is 2.00 bits per heavy atom. The molecule has 0 saturated heterocycles. The smallest absolute Gasteiger partial charge is 0.123 e. The number of nitrogens with one attached hydrogen (secondary N) is 1. The van der Waals surface area contributed by atoms with Gasteiger partial charge in [-0.05, 0) is 74.1 Å². The van der Waals surface area contributed by atoms with E-state index in [0.717, 1.165) is 47.4 Å². The molecule has 0 aromatic heterocycles. The zero-order valence-electron chi connectivity index (χ0n) is 21.1.